The van der Waals surface area contributed by atoms with Gasteiger partial charge in [0, 0.05) is 12.2 Å². The molecule has 4 nitrogen and oxygen atoms in total. The summed E-state index contributed by atoms with van der Waals surface area (Å²) in [6.45, 7) is 0.284. The Morgan fingerprint density at radius 2 is 2.27 bits per heavy atom. The van der Waals surface area contributed by atoms with Crippen molar-refractivity contribution in [3.05, 3.63) is 0 Å². The molecule has 1 saturated carbocycles. The molecule has 2 rings (SSSR count). The van der Waals surface area contributed by atoms with E-state index in [1.54, 1.807) is 0 Å². The first-order valence-electron chi connectivity index (χ1n) is 3.35. The number of cyclic esters (lactones) is 1. The van der Waals surface area contributed by atoms with Crippen LogP contribution in [0.1, 0.15) is 6.42 Å². The van der Waals surface area contributed by atoms with Gasteiger partial charge in [-0.25, -0.2) is 8.42 Å². The SMILES string of the molecule is CS(=O)(=O)[C@]12C[C@H]1COC2=O. The van der Waals surface area contributed by atoms with E-state index in [0.29, 0.717) is 6.42 Å². The molecule has 2 atom stereocenters. The molecule has 5 heteroatoms. The minimum atomic E-state index is -3.25. The average molecular weight is 176 g/mol. The third kappa shape index (κ3) is 0.642. The zero-order chi connectivity index (χ0) is 8.28. The molecular weight excluding hydrogens is 168 g/mol. The van der Waals surface area contributed by atoms with E-state index in [0.717, 1.165) is 6.26 Å². The normalized spacial score (nSPS) is 41.5. The molecule has 0 spiro atoms. The highest BCUT2D eigenvalue weighted by atomic mass is 32.2. The third-order valence-corrected chi connectivity index (χ3v) is 4.46. The molecular formula is C6H8O4S. The number of carbonyl (C=O) groups is 1. The molecule has 0 bridgehead atoms. The van der Waals surface area contributed by atoms with Crippen LogP contribution in [0, 0.1) is 5.92 Å². The van der Waals surface area contributed by atoms with E-state index in [4.69, 9.17) is 0 Å². The standard InChI is InChI=1S/C6H8O4S/c1-11(8,9)6-2-4(6)3-10-5(6)7/h4H,2-3H2,1H3/t4-,6+/m0/s1. The van der Waals surface area contributed by atoms with Crippen LogP contribution < -0.4 is 0 Å². The molecule has 0 N–H and O–H groups in total. The van der Waals surface area contributed by atoms with E-state index in [1.165, 1.54) is 0 Å². The third-order valence-electron chi connectivity index (χ3n) is 2.47. The maximum atomic E-state index is 11.1. The van der Waals surface area contributed by atoms with Crippen molar-refractivity contribution in [3.8, 4) is 0 Å². The molecule has 0 unspecified atom stereocenters. The predicted octanol–water partition coefficient (Wildman–Crippen LogP) is -0.653. The quantitative estimate of drug-likeness (QED) is 0.498. The second-order valence-corrected chi connectivity index (χ2v) is 5.43. The van der Waals surface area contributed by atoms with Crippen molar-refractivity contribution < 1.29 is 17.9 Å². The molecule has 11 heavy (non-hydrogen) atoms. The summed E-state index contributed by atoms with van der Waals surface area (Å²) in [5.41, 5.74) is 0. The smallest absolute Gasteiger partial charge is 0.327 e. The summed E-state index contributed by atoms with van der Waals surface area (Å²) in [7, 11) is -3.25. The van der Waals surface area contributed by atoms with Crippen molar-refractivity contribution in [2.24, 2.45) is 5.92 Å². The summed E-state index contributed by atoms with van der Waals surface area (Å²) < 4.78 is 25.7. The summed E-state index contributed by atoms with van der Waals surface area (Å²) in [4.78, 5) is 11.0. The Balaban J connectivity index is 2.48. The summed E-state index contributed by atoms with van der Waals surface area (Å²) >= 11 is 0. The van der Waals surface area contributed by atoms with E-state index in [2.05, 4.69) is 4.74 Å². The van der Waals surface area contributed by atoms with Gasteiger partial charge in [0.15, 0.2) is 14.6 Å². The maximum Gasteiger partial charge on any atom is 0.327 e. The van der Waals surface area contributed by atoms with E-state index in [-0.39, 0.29) is 12.5 Å². The Hall–Kier alpha value is -0.580. The number of sulfone groups is 1. The van der Waals surface area contributed by atoms with Gasteiger partial charge in [-0.15, -0.1) is 0 Å². The monoisotopic (exact) mass is 176 g/mol. The number of carbonyl (C=O) groups excluding carboxylic acids is 1. The minimum Gasteiger partial charge on any atom is -0.464 e. The fourth-order valence-corrected chi connectivity index (χ4v) is 3.19. The van der Waals surface area contributed by atoms with Crippen LogP contribution in [-0.2, 0) is 19.4 Å². The Kier molecular flexibility index (Phi) is 1.03. The molecule has 62 valence electrons. The number of esters is 1. The highest BCUT2D eigenvalue weighted by Crippen LogP contribution is 2.54. The van der Waals surface area contributed by atoms with Gasteiger partial charge in [-0.1, -0.05) is 0 Å². The lowest BCUT2D eigenvalue weighted by Gasteiger charge is -2.04. The Labute approximate surface area is 64.5 Å². The lowest BCUT2D eigenvalue weighted by Crippen LogP contribution is -2.30. The summed E-state index contributed by atoms with van der Waals surface area (Å²) in [6.07, 6.45) is 1.56. The van der Waals surface area contributed by atoms with Gasteiger partial charge in [0.1, 0.15) is 0 Å². The van der Waals surface area contributed by atoms with E-state index in [1.807, 2.05) is 0 Å². The first kappa shape index (κ1) is 7.09. The van der Waals surface area contributed by atoms with Gasteiger partial charge in [-0.05, 0) is 6.42 Å². The topological polar surface area (TPSA) is 60.4 Å². The molecule has 0 aromatic rings. The Bertz CT molecular complexity index is 317. The molecule has 2 fully saturated rings. The summed E-state index contributed by atoms with van der Waals surface area (Å²) in [6, 6.07) is 0. The summed E-state index contributed by atoms with van der Waals surface area (Å²) in [5, 5.41) is 0. The van der Waals surface area contributed by atoms with Crippen molar-refractivity contribution >= 4 is 15.8 Å². The van der Waals surface area contributed by atoms with Crippen molar-refractivity contribution in [2.75, 3.05) is 12.9 Å². The molecule has 1 saturated heterocycles. The van der Waals surface area contributed by atoms with E-state index < -0.39 is 20.6 Å². The van der Waals surface area contributed by atoms with Gasteiger partial charge in [-0.3, -0.25) is 4.79 Å². The molecule has 1 aliphatic carbocycles. The molecule has 1 aliphatic heterocycles. The lowest BCUT2D eigenvalue weighted by molar-refractivity contribution is -0.140. The largest absolute Gasteiger partial charge is 0.464 e. The zero-order valence-electron chi connectivity index (χ0n) is 6.03. The molecule has 2 aliphatic rings. The van der Waals surface area contributed by atoms with Crippen LogP contribution in [0.5, 0.6) is 0 Å². The van der Waals surface area contributed by atoms with Crippen LogP contribution in [0.15, 0.2) is 0 Å². The van der Waals surface area contributed by atoms with Crippen molar-refractivity contribution in [1.29, 1.82) is 0 Å². The van der Waals surface area contributed by atoms with Crippen molar-refractivity contribution in [1.82, 2.24) is 0 Å². The zero-order valence-corrected chi connectivity index (χ0v) is 6.85. The average Bonchev–Trinajstić information content (AvgIpc) is 2.50. The predicted molar refractivity (Wildman–Crippen MR) is 36.6 cm³/mol. The van der Waals surface area contributed by atoms with Gasteiger partial charge in [0.2, 0.25) is 0 Å². The van der Waals surface area contributed by atoms with Crippen LogP contribution in [0.25, 0.3) is 0 Å². The van der Waals surface area contributed by atoms with Crippen LogP contribution in [0.4, 0.5) is 0 Å². The van der Waals surface area contributed by atoms with Gasteiger partial charge in [0.25, 0.3) is 0 Å². The second kappa shape index (κ2) is 1.60. The van der Waals surface area contributed by atoms with Crippen LogP contribution in [-0.4, -0.2) is 32.0 Å². The van der Waals surface area contributed by atoms with Crippen molar-refractivity contribution in [3.63, 3.8) is 0 Å². The van der Waals surface area contributed by atoms with Gasteiger partial charge >= 0.3 is 5.97 Å². The lowest BCUT2D eigenvalue weighted by atomic mass is 10.4. The number of hydrogen-bond acceptors (Lipinski definition) is 4. The number of fused-ring (bicyclic) bond motifs is 1. The summed E-state index contributed by atoms with van der Waals surface area (Å²) in [5.74, 6) is -0.616. The number of ether oxygens (including phenoxy) is 1. The molecule has 0 amide bonds. The van der Waals surface area contributed by atoms with Crippen LogP contribution in [0.3, 0.4) is 0 Å². The fraction of sp³-hybridized carbons (Fsp3) is 0.833. The molecule has 1 heterocycles. The van der Waals surface area contributed by atoms with Gasteiger partial charge < -0.3 is 4.74 Å². The molecule has 0 radical (unpaired) electrons. The Morgan fingerprint density at radius 3 is 2.45 bits per heavy atom. The van der Waals surface area contributed by atoms with Gasteiger partial charge in [-0.2, -0.15) is 0 Å². The molecule has 0 aromatic heterocycles. The number of rotatable bonds is 1. The molecule has 0 aromatic carbocycles. The van der Waals surface area contributed by atoms with Crippen molar-refractivity contribution in [2.45, 2.75) is 11.2 Å². The first-order chi connectivity index (χ1) is 4.98. The van der Waals surface area contributed by atoms with E-state index in [9.17, 15) is 13.2 Å². The maximum absolute atomic E-state index is 11.1. The first-order valence-corrected chi connectivity index (χ1v) is 5.24. The highest BCUT2D eigenvalue weighted by Gasteiger charge is 2.72. The fourth-order valence-electron chi connectivity index (χ4n) is 1.65. The van der Waals surface area contributed by atoms with Gasteiger partial charge in [0.05, 0.1) is 6.61 Å². The highest BCUT2D eigenvalue weighted by molar-refractivity contribution is 7.93. The minimum absolute atomic E-state index is 0.0648. The van der Waals surface area contributed by atoms with Crippen LogP contribution >= 0.6 is 0 Å². The van der Waals surface area contributed by atoms with E-state index >= 15 is 0 Å². The second-order valence-electron chi connectivity index (χ2n) is 3.16. The number of hydrogen-bond donors (Lipinski definition) is 0. The Morgan fingerprint density at radius 1 is 1.64 bits per heavy atom. The van der Waals surface area contributed by atoms with Crippen LogP contribution in [0.2, 0.25) is 0 Å².